The summed E-state index contributed by atoms with van der Waals surface area (Å²) in [5.41, 5.74) is 1.55. The van der Waals surface area contributed by atoms with Crippen LogP contribution < -0.4 is 29.0 Å². The molecule has 0 unspecified atom stereocenters. The molecule has 2 aliphatic rings. The Bertz CT molecular complexity index is 1070. The molecular weight excluding hydrogens is 440 g/mol. The van der Waals surface area contributed by atoms with Gasteiger partial charge in [-0.3, -0.25) is 9.69 Å². The van der Waals surface area contributed by atoms with Crippen LogP contribution in [0.1, 0.15) is 21.5 Å². The Balaban J connectivity index is 1.59. The van der Waals surface area contributed by atoms with Crippen molar-refractivity contribution in [3.8, 4) is 28.7 Å². The minimum atomic E-state index is -0.271. The molecule has 0 radical (unpaired) electrons. The summed E-state index contributed by atoms with van der Waals surface area (Å²) in [5.74, 6) is 1.46. The monoisotopic (exact) mass is 470 g/mol. The van der Waals surface area contributed by atoms with Crippen molar-refractivity contribution in [1.82, 2.24) is 4.90 Å². The summed E-state index contributed by atoms with van der Waals surface area (Å²) in [6.07, 6.45) is 1.61. The summed E-state index contributed by atoms with van der Waals surface area (Å²) in [7, 11) is 4.57. The second kappa shape index (κ2) is 10.3. The molecule has 34 heavy (non-hydrogen) atoms. The van der Waals surface area contributed by atoms with Crippen molar-refractivity contribution in [2.45, 2.75) is 6.54 Å². The number of benzene rings is 2. The second-order valence-electron chi connectivity index (χ2n) is 8.31. The van der Waals surface area contributed by atoms with Crippen molar-refractivity contribution >= 4 is 11.9 Å². The normalized spacial score (nSPS) is 17.5. The number of ketones is 1. The zero-order valence-electron chi connectivity index (χ0n) is 19.7. The average molecular weight is 471 g/mol. The molecule has 2 heterocycles. The van der Waals surface area contributed by atoms with E-state index in [0.29, 0.717) is 52.8 Å². The molecular formula is C25H30N2O7. The number of methoxy groups -OCH3 is 3. The van der Waals surface area contributed by atoms with Crippen molar-refractivity contribution in [3.05, 3.63) is 46.7 Å². The third-order valence-corrected chi connectivity index (χ3v) is 6.29. The first-order valence-electron chi connectivity index (χ1n) is 11.2. The Morgan fingerprint density at radius 3 is 2.38 bits per heavy atom. The van der Waals surface area contributed by atoms with E-state index in [2.05, 4.69) is 4.90 Å². The molecule has 2 aromatic rings. The smallest absolute Gasteiger partial charge is 0.231 e. The molecule has 0 spiro atoms. The maximum atomic E-state index is 13.1. The van der Waals surface area contributed by atoms with E-state index in [-0.39, 0.29) is 23.9 Å². The third-order valence-electron chi connectivity index (χ3n) is 6.29. The van der Waals surface area contributed by atoms with Gasteiger partial charge in [0.1, 0.15) is 12.3 Å². The van der Waals surface area contributed by atoms with E-state index in [9.17, 15) is 9.90 Å². The molecule has 4 rings (SSSR count). The molecule has 1 fully saturated rings. The van der Waals surface area contributed by atoms with Crippen molar-refractivity contribution in [1.29, 1.82) is 0 Å². The van der Waals surface area contributed by atoms with E-state index >= 15 is 0 Å². The van der Waals surface area contributed by atoms with Crippen molar-refractivity contribution in [3.63, 3.8) is 0 Å². The van der Waals surface area contributed by atoms with E-state index in [4.69, 9.17) is 24.1 Å². The number of carbonyl (C=O) groups excluding carboxylic acids is 1. The Morgan fingerprint density at radius 2 is 1.79 bits per heavy atom. The van der Waals surface area contributed by atoms with Crippen LogP contribution in [0.3, 0.4) is 0 Å². The SMILES string of the molecule is COc1cc(/C=C2\Oc3c(ccc([O-])c3C[NH+]3CCN(CCO)CC3)C2=O)cc(OC)c1OC. The van der Waals surface area contributed by atoms with Crippen LogP contribution in [0.2, 0.25) is 0 Å². The van der Waals surface area contributed by atoms with Gasteiger partial charge < -0.3 is 34.1 Å². The number of hydrogen-bond acceptors (Lipinski definition) is 8. The molecule has 2 aromatic carbocycles. The number of piperazine rings is 1. The number of nitrogens with zero attached hydrogens (tertiary/aromatic N) is 1. The minimum Gasteiger partial charge on any atom is -0.872 e. The Kier molecular flexibility index (Phi) is 7.26. The van der Waals surface area contributed by atoms with E-state index < -0.39 is 0 Å². The van der Waals surface area contributed by atoms with Crippen LogP contribution in [-0.2, 0) is 6.54 Å². The van der Waals surface area contributed by atoms with Gasteiger partial charge in [-0.1, -0.05) is 11.8 Å². The molecule has 0 amide bonds. The van der Waals surface area contributed by atoms with E-state index in [0.717, 1.165) is 26.2 Å². The molecule has 2 aliphatic heterocycles. The predicted octanol–water partition coefficient (Wildman–Crippen LogP) is 0.0950. The Labute approximate surface area is 198 Å². The van der Waals surface area contributed by atoms with Crippen LogP contribution >= 0.6 is 0 Å². The fourth-order valence-electron chi connectivity index (χ4n) is 4.45. The standard InChI is InChI=1S/C25H30N2O7/c1-31-21-13-16(14-22(32-2)25(21)33-3)12-20-23(30)17-4-5-19(29)18(24(17)34-20)15-27-8-6-26(7-9-27)10-11-28/h4-5,12-14,28-29H,6-11,15H2,1-3H3/b20-12-. The maximum Gasteiger partial charge on any atom is 0.231 e. The largest absolute Gasteiger partial charge is 0.872 e. The number of allylic oxidation sites excluding steroid dienone is 1. The van der Waals surface area contributed by atoms with Crippen molar-refractivity contribution in [2.24, 2.45) is 0 Å². The fraction of sp³-hybridized carbons (Fsp3) is 0.400. The van der Waals surface area contributed by atoms with Gasteiger partial charge in [-0.05, 0) is 29.8 Å². The first-order chi connectivity index (χ1) is 16.5. The van der Waals surface area contributed by atoms with Gasteiger partial charge in [0, 0.05) is 25.2 Å². The summed E-state index contributed by atoms with van der Waals surface area (Å²) >= 11 is 0. The van der Waals surface area contributed by atoms with Crippen molar-refractivity contribution in [2.75, 3.05) is 60.7 Å². The zero-order chi connectivity index (χ0) is 24.2. The van der Waals surface area contributed by atoms with E-state index in [1.165, 1.54) is 38.4 Å². The molecule has 9 nitrogen and oxygen atoms in total. The lowest BCUT2D eigenvalue weighted by Gasteiger charge is -2.32. The summed E-state index contributed by atoms with van der Waals surface area (Å²) < 4.78 is 22.1. The lowest BCUT2D eigenvalue weighted by molar-refractivity contribution is -0.918. The highest BCUT2D eigenvalue weighted by Crippen LogP contribution is 2.41. The van der Waals surface area contributed by atoms with Crippen LogP contribution in [0.5, 0.6) is 28.7 Å². The lowest BCUT2D eigenvalue weighted by Crippen LogP contribution is -3.13. The third kappa shape index (κ3) is 4.68. The molecule has 0 aliphatic carbocycles. The Hall–Kier alpha value is -3.27. The predicted molar refractivity (Wildman–Crippen MR) is 123 cm³/mol. The summed E-state index contributed by atoms with van der Waals surface area (Å²) in [6.45, 7) is 4.70. The summed E-state index contributed by atoms with van der Waals surface area (Å²) in [4.78, 5) is 16.5. The van der Waals surface area contributed by atoms with Gasteiger partial charge in [0.05, 0.1) is 46.6 Å². The minimum absolute atomic E-state index is 0.133. The first-order valence-corrected chi connectivity index (χ1v) is 11.2. The average Bonchev–Trinajstić information content (AvgIpc) is 3.16. The number of β-amino-alcohol motifs (C(OH)–C–C–N with tert-alkyl or cyclic N) is 1. The second-order valence-corrected chi connectivity index (χ2v) is 8.31. The number of fused-ring (bicyclic) bond motifs is 1. The van der Waals surface area contributed by atoms with Gasteiger partial charge >= 0.3 is 0 Å². The molecule has 0 saturated carbocycles. The number of aliphatic hydroxyl groups is 1. The number of rotatable bonds is 8. The van der Waals surface area contributed by atoms with Crippen LogP contribution in [0.25, 0.3) is 6.08 Å². The van der Waals surface area contributed by atoms with Gasteiger partial charge in [-0.25, -0.2) is 0 Å². The van der Waals surface area contributed by atoms with E-state index in [1.54, 1.807) is 18.2 Å². The highest BCUT2D eigenvalue weighted by atomic mass is 16.5. The van der Waals surface area contributed by atoms with Gasteiger partial charge in [-0.15, -0.1) is 0 Å². The topological polar surface area (TPSA) is 105 Å². The number of nitrogens with one attached hydrogen (secondary N) is 1. The molecule has 9 heteroatoms. The summed E-state index contributed by atoms with van der Waals surface area (Å²) in [5, 5.41) is 21.9. The number of ether oxygens (including phenoxy) is 4. The highest BCUT2D eigenvalue weighted by molar-refractivity contribution is 6.15. The molecule has 0 atom stereocenters. The highest BCUT2D eigenvalue weighted by Gasteiger charge is 2.32. The van der Waals surface area contributed by atoms with Crippen LogP contribution in [0.15, 0.2) is 30.0 Å². The lowest BCUT2D eigenvalue weighted by atomic mass is 10.0. The zero-order valence-corrected chi connectivity index (χ0v) is 19.7. The maximum absolute atomic E-state index is 13.1. The van der Waals surface area contributed by atoms with Crippen molar-refractivity contribution < 1.29 is 38.9 Å². The van der Waals surface area contributed by atoms with Gasteiger partial charge in [0.25, 0.3) is 0 Å². The van der Waals surface area contributed by atoms with E-state index in [1.807, 2.05) is 0 Å². The molecule has 0 aromatic heterocycles. The number of Topliss-reactive ketones (excluding diaryl/α,β-unsaturated/α-hetero) is 1. The van der Waals surface area contributed by atoms with Crippen LogP contribution in [-0.4, -0.2) is 76.4 Å². The molecule has 182 valence electrons. The number of quaternary nitrogens is 1. The number of carbonyl (C=O) groups is 1. The number of aliphatic hydroxyl groups excluding tert-OH is 1. The summed E-state index contributed by atoms with van der Waals surface area (Å²) in [6, 6.07) is 6.43. The quantitative estimate of drug-likeness (QED) is 0.524. The van der Waals surface area contributed by atoms with Crippen LogP contribution in [0.4, 0.5) is 0 Å². The molecule has 1 saturated heterocycles. The first kappa shape index (κ1) is 23.9. The van der Waals surface area contributed by atoms with Gasteiger partial charge in [-0.2, -0.15) is 0 Å². The Morgan fingerprint density at radius 1 is 1.12 bits per heavy atom. The number of hydrogen-bond donors (Lipinski definition) is 2. The van der Waals surface area contributed by atoms with Gasteiger partial charge in [0.2, 0.25) is 11.5 Å². The van der Waals surface area contributed by atoms with Crippen LogP contribution in [0, 0.1) is 0 Å². The molecule has 2 N–H and O–H groups in total. The van der Waals surface area contributed by atoms with Gasteiger partial charge in [0.15, 0.2) is 17.3 Å². The molecule has 0 bridgehead atoms. The fourth-order valence-corrected chi connectivity index (χ4v) is 4.45.